The fourth-order valence-electron chi connectivity index (χ4n) is 2.64. The number of fused-ring (bicyclic) bond motifs is 1. The zero-order valence-corrected chi connectivity index (χ0v) is 15.6. The van der Waals surface area contributed by atoms with Crippen LogP contribution in [0.2, 0.25) is 0 Å². The lowest BCUT2D eigenvalue weighted by molar-refractivity contribution is 0.396. The minimum atomic E-state index is 0.549. The highest BCUT2D eigenvalue weighted by molar-refractivity contribution is 7.15. The minimum absolute atomic E-state index is 0.549. The molecule has 0 spiro atoms. The molecule has 6 nitrogen and oxygen atoms in total. The highest BCUT2D eigenvalue weighted by Crippen LogP contribution is 2.19. The maximum Gasteiger partial charge on any atom is 0.194 e. The largest absolute Gasteiger partial charge is 0.496 e. The lowest BCUT2D eigenvalue weighted by Crippen LogP contribution is -2.38. The fourth-order valence-corrected chi connectivity index (χ4v) is 3.36. The summed E-state index contributed by atoms with van der Waals surface area (Å²) in [7, 11) is 3.72. The maximum atomic E-state index is 5.44. The monoisotopic (exact) mass is 357 g/mol. The number of hydrogen-bond acceptors (Lipinski definition) is 4. The average Bonchev–Trinajstić information content (AvgIpc) is 3.20. The van der Waals surface area contributed by atoms with Gasteiger partial charge in [0.1, 0.15) is 5.75 Å². The van der Waals surface area contributed by atoms with E-state index in [1.54, 1.807) is 18.4 Å². The Labute approximate surface area is 151 Å². The van der Waals surface area contributed by atoms with E-state index in [4.69, 9.17) is 9.73 Å². The van der Waals surface area contributed by atoms with Crippen molar-refractivity contribution in [2.45, 2.75) is 20.0 Å². The summed E-state index contributed by atoms with van der Waals surface area (Å²) in [5.41, 5.74) is 2.09. The number of rotatable bonds is 6. The first kappa shape index (κ1) is 17.3. The Morgan fingerprint density at radius 1 is 1.40 bits per heavy atom. The number of thiazole rings is 1. The van der Waals surface area contributed by atoms with Gasteiger partial charge >= 0.3 is 0 Å². The third kappa shape index (κ3) is 4.11. The molecule has 0 aliphatic heterocycles. The number of para-hydroxylation sites is 1. The van der Waals surface area contributed by atoms with Crippen LogP contribution in [0.3, 0.4) is 0 Å². The number of guanidine groups is 1. The summed E-state index contributed by atoms with van der Waals surface area (Å²) >= 11 is 1.63. The molecular weight excluding hydrogens is 334 g/mol. The van der Waals surface area contributed by atoms with E-state index in [1.807, 2.05) is 47.4 Å². The molecule has 0 fully saturated rings. The Morgan fingerprint density at radius 3 is 3.00 bits per heavy atom. The number of hydrogen-bond donors (Lipinski definition) is 1. The molecule has 0 radical (unpaired) electrons. The van der Waals surface area contributed by atoms with Crippen LogP contribution in [0.4, 0.5) is 0 Å². The van der Waals surface area contributed by atoms with Crippen LogP contribution in [0, 0.1) is 0 Å². The second-order valence-corrected chi connectivity index (χ2v) is 6.54. The number of ether oxygens (including phenoxy) is 1. The summed E-state index contributed by atoms with van der Waals surface area (Å²) in [6.07, 6.45) is 4.04. The molecule has 132 valence electrons. The predicted octanol–water partition coefficient (Wildman–Crippen LogP) is 3.00. The summed E-state index contributed by atoms with van der Waals surface area (Å²) in [6.45, 7) is 4.15. The first-order valence-corrected chi connectivity index (χ1v) is 9.11. The van der Waals surface area contributed by atoms with Crippen molar-refractivity contribution in [1.29, 1.82) is 0 Å². The van der Waals surface area contributed by atoms with Gasteiger partial charge in [0.05, 0.1) is 19.3 Å². The lowest BCUT2D eigenvalue weighted by atomic mass is 10.2. The Bertz CT molecular complexity index is 825. The molecule has 0 saturated heterocycles. The van der Waals surface area contributed by atoms with Crippen molar-refractivity contribution in [3.8, 4) is 5.75 Å². The Morgan fingerprint density at radius 2 is 2.24 bits per heavy atom. The molecule has 2 heterocycles. The van der Waals surface area contributed by atoms with Crippen molar-refractivity contribution >= 4 is 22.3 Å². The van der Waals surface area contributed by atoms with Gasteiger partial charge in [0.25, 0.3) is 0 Å². The van der Waals surface area contributed by atoms with E-state index < -0.39 is 0 Å². The highest BCUT2D eigenvalue weighted by Gasteiger charge is 2.10. The molecule has 1 aromatic carbocycles. The van der Waals surface area contributed by atoms with Crippen molar-refractivity contribution < 1.29 is 4.74 Å². The summed E-state index contributed by atoms with van der Waals surface area (Å²) in [5.74, 6) is 1.74. The molecule has 0 aliphatic rings. The number of benzene rings is 1. The molecule has 3 aromatic rings. The van der Waals surface area contributed by atoms with Crippen LogP contribution in [0.15, 0.2) is 47.0 Å². The smallest absolute Gasteiger partial charge is 0.194 e. The van der Waals surface area contributed by atoms with E-state index in [-0.39, 0.29) is 0 Å². The van der Waals surface area contributed by atoms with Crippen LogP contribution in [0.25, 0.3) is 4.96 Å². The Balaban J connectivity index is 1.73. The molecule has 0 saturated carbocycles. The molecule has 25 heavy (non-hydrogen) atoms. The lowest BCUT2D eigenvalue weighted by Gasteiger charge is -2.23. The van der Waals surface area contributed by atoms with E-state index in [2.05, 4.69) is 28.2 Å². The third-order valence-electron chi connectivity index (χ3n) is 3.83. The van der Waals surface area contributed by atoms with Gasteiger partial charge in [0.2, 0.25) is 0 Å². The van der Waals surface area contributed by atoms with Gasteiger partial charge in [0, 0.05) is 43.5 Å². The maximum absolute atomic E-state index is 5.44. The van der Waals surface area contributed by atoms with E-state index in [0.717, 1.165) is 34.5 Å². The molecule has 1 N–H and O–H groups in total. The van der Waals surface area contributed by atoms with Gasteiger partial charge < -0.3 is 15.0 Å². The summed E-state index contributed by atoms with van der Waals surface area (Å²) in [4.78, 5) is 12.4. The number of methoxy groups -OCH3 is 1. The molecule has 0 aliphatic carbocycles. The quantitative estimate of drug-likeness (QED) is 0.544. The summed E-state index contributed by atoms with van der Waals surface area (Å²) in [5, 5.41) is 5.37. The van der Waals surface area contributed by atoms with Crippen molar-refractivity contribution in [2.75, 3.05) is 20.7 Å². The van der Waals surface area contributed by atoms with Gasteiger partial charge in [-0.3, -0.25) is 4.40 Å². The van der Waals surface area contributed by atoms with Crippen molar-refractivity contribution in [1.82, 2.24) is 19.6 Å². The molecule has 2 aromatic heterocycles. The van der Waals surface area contributed by atoms with Crippen LogP contribution in [0.5, 0.6) is 5.75 Å². The van der Waals surface area contributed by atoms with Gasteiger partial charge in [0.15, 0.2) is 10.9 Å². The van der Waals surface area contributed by atoms with Crippen LogP contribution in [-0.2, 0) is 13.1 Å². The van der Waals surface area contributed by atoms with Crippen LogP contribution in [0.1, 0.15) is 18.2 Å². The van der Waals surface area contributed by atoms with Crippen LogP contribution in [-0.4, -0.2) is 40.9 Å². The zero-order valence-electron chi connectivity index (χ0n) is 14.8. The number of aromatic nitrogens is 2. The highest BCUT2D eigenvalue weighted by atomic mass is 32.1. The van der Waals surface area contributed by atoms with E-state index in [9.17, 15) is 0 Å². The molecule has 0 unspecified atom stereocenters. The summed E-state index contributed by atoms with van der Waals surface area (Å²) < 4.78 is 7.47. The minimum Gasteiger partial charge on any atom is -0.496 e. The van der Waals surface area contributed by atoms with Crippen molar-refractivity contribution in [3.63, 3.8) is 0 Å². The molecule has 3 rings (SSSR count). The second kappa shape index (κ2) is 8.02. The number of nitrogens with one attached hydrogen (secondary N) is 1. The van der Waals surface area contributed by atoms with Crippen molar-refractivity contribution in [2.24, 2.45) is 4.99 Å². The Kier molecular flexibility index (Phi) is 5.55. The molecule has 0 amide bonds. The van der Waals surface area contributed by atoms with Crippen molar-refractivity contribution in [3.05, 3.63) is 53.3 Å². The molecule has 7 heteroatoms. The number of nitrogens with zero attached hydrogens (tertiary/aromatic N) is 4. The second-order valence-electron chi connectivity index (χ2n) is 5.66. The van der Waals surface area contributed by atoms with Gasteiger partial charge in [-0.2, -0.15) is 0 Å². The number of aliphatic imine (C=N–C) groups is 1. The summed E-state index contributed by atoms with van der Waals surface area (Å²) in [6, 6.07) is 8.05. The average molecular weight is 357 g/mol. The van der Waals surface area contributed by atoms with E-state index >= 15 is 0 Å². The van der Waals surface area contributed by atoms with E-state index in [0.29, 0.717) is 13.1 Å². The Hall–Kier alpha value is -2.54. The topological polar surface area (TPSA) is 54.2 Å². The molecular formula is C18H23N5OS. The normalized spacial score (nSPS) is 11.7. The van der Waals surface area contributed by atoms with E-state index in [1.165, 1.54) is 0 Å². The van der Waals surface area contributed by atoms with Gasteiger partial charge in [-0.15, -0.1) is 11.3 Å². The molecule has 0 bridgehead atoms. The third-order valence-corrected chi connectivity index (χ3v) is 4.60. The zero-order chi connectivity index (χ0) is 17.6. The fraction of sp³-hybridized carbons (Fsp3) is 0.333. The van der Waals surface area contributed by atoms with Gasteiger partial charge in [-0.1, -0.05) is 18.2 Å². The first-order valence-electron chi connectivity index (χ1n) is 8.23. The molecule has 0 atom stereocenters. The van der Waals surface area contributed by atoms with Crippen LogP contribution >= 0.6 is 11.3 Å². The van der Waals surface area contributed by atoms with Gasteiger partial charge in [-0.25, -0.2) is 9.98 Å². The number of imidazole rings is 1. The van der Waals surface area contributed by atoms with Gasteiger partial charge in [-0.05, 0) is 13.0 Å². The van der Waals surface area contributed by atoms with Crippen LogP contribution < -0.4 is 10.1 Å². The predicted molar refractivity (Wildman–Crippen MR) is 102 cm³/mol. The standard InChI is InChI=1S/C18H23N5OS/c1-4-19-17(20-11-15-13-23-9-10-25-18(23)21-15)22(2)12-14-7-5-6-8-16(14)24-3/h5-10,13H,4,11-12H2,1-3H3,(H,19,20). The SMILES string of the molecule is CCNC(=NCc1cn2ccsc2n1)N(C)Cc1ccccc1OC. The first-order chi connectivity index (χ1) is 12.2.